The van der Waals surface area contributed by atoms with Crippen molar-refractivity contribution in [3.63, 3.8) is 0 Å². The predicted octanol–water partition coefficient (Wildman–Crippen LogP) is 5.01. The minimum absolute atomic E-state index is 0.845. The van der Waals surface area contributed by atoms with E-state index < -0.39 is 0 Å². The summed E-state index contributed by atoms with van der Waals surface area (Å²) < 4.78 is 0. The van der Waals surface area contributed by atoms with E-state index in [-0.39, 0.29) is 0 Å². The molecule has 1 unspecified atom stereocenters. The van der Waals surface area contributed by atoms with E-state index in [4.69, 9.17) is 0 Å². The molecule has 1 heteroatoms. The summed E-state index contributed by atoms with van der Waals surface area (Å²) in [6.45, 7) is 8.17. The molecule has 0 fully saturated rings. The summed E-state index contributed by atoms with van der Waals surface area (Å²) in [6, 6.07) is 0. The van der Waals surface area contributed by atoms with Crippen LogP contribution in [-0.2, 0) is 0 Å². The quantitative estimate of drug-likeness (QED) is 0.474. The third-order valence-electron chi connectivity index (χ3n) is 3.51. The monoisotopic (exact) mass is 241 g/mol. The molecule has 0 saturated heterocycles. The van der Waals surface area contributed by atoms with Crippen molar-refractivity contribution < 1.29 is 0 Å². The Kier molecular flexibility index (Phi) is 12.4. The van der Waals surface area contributed by atoms with E-state index in [2.05, 4.69) is 33.1 Å². The summed E-state index contributed by atoms with van der Waals surface area (Å²) in [4.78, 5) is 0. The smallest absolute Gasteiger partial charge is 0.00234 e. The van der Waals surface area contributed by atoms with Gasteiger partial charge in [0, 0.05) is 0 Å². The van der Waals surface area contributed by atoms with Gasteiger partial charge in [0.2, 0.25) is 0 Å². The van der Waals surface area contributed by atoms with E-state index in [1.807, 2.05) is 0 Å². The highest BCUT2D eigenvalue weighted by molar-refractivity contribution is 4.64. The van der Waals surface area contributed by atoms with Crippen LogP contribution < -0.4 is 5.32 Å². The molecule has 0 aromatic rings. The minimum Gasteiger partial charge on any atom is -0.319 e. The van der Waals surface area contributed by atoms with Gasteiger partial charge in [-0.15, -0.1) is 0 Å². The lowest BCUT2D eigenvalue weighted by atomic mass is 9.91. The Morgan fingerprint density at radius 1 is 0.882 bits per heavy atom. The molecule has 1 N–H and O–H groups in total. The molecule has 1 nitrogen and oxygen atoms in total. The first kappa shape index (κ1) is 17.0. The molecule has 0 aliphatic rings. The van der Waals surface area contributed by atoms with Gasteiger partial charge in [0.15, 0.2) is 0 Å². The summed E-state index contributed by atoms with van der Waals surface area (Å²) in [7, 11) is 2.08. The Labute approximate surface area is 110 Å². The van der Waals surface area contributed by atoms with Crippen molar-refractivity contribution in [2.45, 2.75) is 78.6 Å². The third-order valence-corrected chi connectivity index (χ3v) is 3.51. The second kappa shape index (κ2) is 12.4. The Morgan fingerprint density at radius 2 is 1.47 bits per heavy atom. The fraction of sp³-hybridized carbons (Fsp3) is 1.00. The molecule has 17 heavy (non-hydrogen) atoms. The van der Waals surface area contributed by atoms with Crippen LogP contribution in [0.3, 0.4) is 0 Å². The SMILES string of the molecule is CCCCCCCCCC(CNC)CC(C)C. The molecule has 0 aromatic carbocycles. The molecular weight excluding hydrogens is 206 g/mol. The second-order valence-electron chi connectivity index (χ2n) is 5.96. The lowest BCUT2D eigenvalue weighted by Gasteiger charge is -2.18. The summed E-state index contributed by atoms with van der Waals surface area (Å²) >= 11 is 0. The molecule has 0 spiro atoms. The van der Waals surface area contributed by atoms with Crippen LogP contribution in [0, 0.1) is 11.8 Å². The van der Waals surface area contributed by atoms with Gasteiger partial charge < -0.3 is 5.32 Å². The fourth-order valence-electron chi connectivity index (χ4n) is 2.65. The normalized spacial score (nSPS) is 13.2. The minimum atomic E-state index is 0.845. The number of hydrogen-bond donors (Lipinski definition) is 1. The van der Waals surface area contributed by atoms with Crippen LogP contribution in [0.15, 0.2) is 0 Å². The van der Waals surface area contributed by atoms with Crippen molar-refractivity contribution in [3.8, 4) is 0 Å². The van der Waals surface area contributed by atoms with Crippen LogP contribution in [0.25, 0.3) is 0 Å². The lowest BCUT2D eigenvalue weighted by molar-refractivity contribution is 0.361. The number of hydrogen-bond acceptors (Lipinski definition) is 1. The van der Waals surface area contributed by atoms with Gasteiger partial charge in [-0.3, -0.25) is 0 Å². The largest absolute Gasteiger partial charge is 0.319 e. The highest BCUT2D eigenvalue weighted by Gasteiger charge is 2.09. The number of unbranched alkanes of at least 4 members (excludes halogenated alkanes) is 6. The van der Waals surface area contributed by atoms with Gasteiger partial charge in [-0.05, 0) is 38.3 Å². The fourth-order valence-corrected chi connectivity index (χ4v) is 2.65. The first-order valence-electron chi connectivity index (χ1n) is 7.85. The van der Waals surface area contributed by atoms with E-state index >= 15 is 0 Å². The Bertz CT molecular complexity index is 142. The molecule has 0 aromatic heterocycles. The maximum Gasteiger partial charge on any atom is -0.00234 e. The van der Waals surface area contributed by atoms with Crippen LogP contribution in [0.1, 0.15) is 78.6 Å². The van der Waals surface area contributed by atoms with Gasteiger partial charge in [-0.1, -0.05) is 65.7 Å². The Hall–Kier alpha value is -0.0400. The van der Waals surface area contributed by atoms with E-state index in [1.54, 1.807) is 0 Å². The topological polar surface area (TPSA) is 12.0 Å². The van der Waals surface area contributed by atoms with Crippen LogP contribution in [0.2, 0.25) is 0 Å². The van der Waals surface area contributed by atoms with Crippen LogP contribution in [-0.4, -0.2) is 13.6 Å². The van der Waals surface area contributed by atoms with Gasteiger partial charge >= 0.3 is 0 Å². The van der Waals surface area contributed by atoms with E-state index in [1.165, 1.54) is 64.3 Å². The molecule has 0 saturated carbocycles. The first-order valence-corrected chi connectivity index (χ1v) is 7.85. The van der Waals surface area contributed by atoms with Crippen LogP contribution in [0.5, 0.6) is 0 Å². The molecule has 0 rings (SSSR count). The number of nitrogens with one attached hydrogen (secondary N) is 1. The molecule has 0 radical (unpaired) electrons. The maximum absolute atomic E-state index is 3.34. The second-order valence-corrected chi connectivity index (χ2v) is 5.96. The molecule has 104 valence electrons. The molecule has 0 heterocycles. The van der Waals surface area contributed by atoms with Crippen molar-refractivity contribution >= 4 is 0 Å². The molecule has 0 aliphatic carbocycles. The zero-order valence-electron chi connectivity index (χ0n) is 12.7. The Balaban J connectivity index is 3.40. The first-order chi connectivity index (χ1) is 8.20. The molecule has 0 amide bonds. The maximum atomic E-state index is 3.34. The molecule has 0 bridgehead atoms. The zero-order valence-corrected chi connectivity index (χ0v) is 12.7. The van der Waals surface area contributed by atoms with Crippen molar-refractivity contribution in [3.05, 3.63) is 0 Å². The zero-order chi connectivity index (χ0) is 12.9. The molecular formula is C16H35N. The third kappa shape index (κ3) is 12.2. The molecule has 0 aliphatic heterocycles. The van der Waals surface area contributed by atoms with E-state index in [0.717, 1.165) is 11.8 Å². The predicted molar refractivity (Wildman–Crippen MR) is 79.5 cm³/mol. The van der Waals surface area contributed by atoms with Crippen molar-refractivity contribution in [2.24, 2.45) is 11.8 Å². The van der Waals surface area contributed by atoms with E-state index in [9.17, 15) is 0 Å². The average molecular weight is 241 g/mol. The van der Waals surface area contributed by atoms with Gasteiger partial charge in [0.1, 0.15) is 0 Å². The van der Waals surface area contributed by atoms with Gasteiger partial charge in [0.25, 0.3) is 0 Å². The van der Waals surface area contributed by atoms with Crippen molar-refractivity contribution in [1.82, 2.24) is 5.32 Å². The Morgan fingerprint density at radius 3 is 2.00 bits per heavy atom. The average Bonchev–Trinajstić information content (AvgIpc) is 2.27. The highest BCUT2D eigenvalue weighted by Crippen LogP contribution is 2.18. The summed E-state index contributed by atoms with van der Waals surface area (Å²) in [5.74, 6) is 1.74. The summed E-state index contributed by atoms with van der Waals surface area (Å²) in [5.41, 5.74) is 0. The van der Waals surface area contributed by atoms with Crippen LogP contribution in [0.4, 0.5) is 0 Å². The number of rotatable bonds is 12. The van der Waals surface area contributed by atoms with Gasteiger partial charge in [-0.2, -0.15) is 0 Å². The van der Waals surface area contributed by atoms with Crippen molar-refractivity contribution in [2.75, 3.05) is 13.6 Å². The summed E-state index contributed by atoms with van der Waals surface area (Å²) in [5, 5.41) is 3.34. The standard InChI is InChI=1S/C16H35N/c1-5-6-7-8-9-10-11-12-16(14-17-4)13-15(2)3/h15-17H,5-14H2,1-4H3. The highest BCUT2D eigenvalue weighted by atomic mass is 14.8. The lowest BCUT2D eigenvalue weighted by Crippen LogP contribution is -2.20. The van der Waals surface area contributed by atoms with E-state index in [0.29, 0.717) is 0 Å². The van der Waals surface area contributed by atoms with Crippen molar-refractivity contribution in [1.29, 1.82) is 0 Å². The van der Waals surface area contributed by atoms with Crippen LogP contribution >= 0.6 is 0 Å². The summed E-state index contributed by atoms with van der Waals surface area (Å²) in [6.07, 6.45) is 12.8. The molecule has 1 atom stereocenters. The van der Waals surface area contributed by atoms with Gasteiger partial charge in [-0.25, -0.2) is 0 Å². The van der Waals surface area contributed by atoms with Gasteiger partial charge in [0.05, 0.1) is 0 Å².